The number of anilines is 1. The van der Waals surface area contributed by atoms with Crippen molar-refractivity contribution in [2.75, 3.05) is 18.0 Å². The third-order valence-corrected chi connectivity index (χ3v) is 6.57. The molecule has 1 aromatic carbocycles. The van der Waals surface area contributed by atoms with E-state index in [9.17, 15) is 0 Å². The van der Waals surface area contributed by atoms with Gasteiger partial charge in [-0.25, -0.2) is 4.98 Å². The molecule has 0 N–H and O–H groups in total. The van der Waals surface area contributed by atoms with Crippen LogP contribution in [0.5, 0.6) is 0 Å². The molecule has 4 aromatic rings. The fourth-order valence-corrected chi connectivity index (χ4v) is 4.71. The lowest BCUT2D eigenvalue weighted by Gasteiger charge is -2.27. The highest BCUT2D eigenvalue weighted by atomic mass is 35.5. The molecule has 0 atom stereocenters. The van der Waals surface area contributed by atoms with Gasteiger partial charge in [0.1, 0.15) is 12.0 Å². The summed E-state index contributed by atoms with van der Waals surface area (Å²) in [7, 11) is 0. The molecule has 0 radical (unpaired) electrons. The number of hydrogen-bond acceptors (Lipinski definition) is 7. The van der Waals surface area contributed by atoms with Gasteiger partial charge in [-0.1, -0.05) is 35.5 Å². The Labute approximate surface area is 189 Å². The van der Waals surface area contributed by atoms with Crippen molar-refractivity contribution >= 4 is 29.3 Å². The Morgan fingerprint density at radius 3 is 2.68 bits per heavy atom. The SMILES string of the molecule is Clc1ccccc1-c1nc(CSc2nnc(N3CCCCC3)n2Cc2ccco2)co1. The maximum Gasteiger partial charge on any atom is 0.228 e. The minimum absolute atomic E-state index is 0.521. The Morgan fingerprint density at radius 2 is 1.87 bits per heavy atom. The average molecular weight is 456 g/mol. The lowest BCUT2D eigenvalue weighted by molar-refractivity contribution is 0.479. The van der Waals surface area contributed by atoms with Crippen molar-refractivity contribution in [2.45, 2.75) is 36.7 Å². The molecule has 1 fully saturated rings. The van der Waals surface area contributed by atoms with Crippen molar-refractivity contribution in [2.24, 2.45) is 0 Å². The first kappa shape index (κ1) is 20.2. The maximum absolute atomic E-state index is 6.27. The van der Waals surface area contributed by atoms with E-state index in [0.717, 1.165) is 41.2 Å². The molecule has 7 nitrogen and oxygen atoms in total. The van der Waals surface area contributed by atoms with Crippen molar-refractivity contribution in [1.82, 2.24) is 19.7 Å². The molecule has 1 aliphatic rings. The summed E-state index contributed by atoms with van der Waals surface area (Å²) in [4.78, 5) is 6.91. The number of thioether (sulfide) groups is 1. The highest BCUT2D eigenvalue weighted by Gasteiger charge is 2.21. The quantitative estimate of drug-likeness (QED) is 0.340. The van der Waals surface area contributed by atoms with Gasteiger partial charge in [-0.2, -0.15) is 0 Å². The normalized spacial score (nSPS) is 14.3. The predicted octanol–water partition coefficient (Wildman–Crippen LogP) is 5.51. The molecule has 0 amide bonds. The van der Waals surface area contributed by atoms with Gasteiger partial charge >= 0.3 is 0 Å². The summed E-state index contributed by atoms with van der Waals surface area (Å²) in [6, 6.07) is 11.4. The van der Waals surface area contributed by atoms with E-state index in [0.29, 0.717) is 23.2 Å². The maximum atomic E-state index is 6.27. The molecule has 0 unspecified atom stereocenters. The van der Waals surface area contributed by atoms with Gasteiger partial charge in [0, 0.05) is 18.8 Å². The molecule has 0 saturated carbocycles. The van der Waals surface area contributed by atoms with E-state index in [2.05, 4.69) is 24.6 Å². The lowest BCUT2D eigenvalue weighted by Crippen LogP contribution is -2.32. The Kier molecular flexibility index (Phi) is 5.99. The molecular formula is C22H22ClN5O2S. The fourth-order valence-electron chi connectivity index (χ4n) is 3.68. The van der Waals surface area contributed by atoms with E-state index in [1.165, 1.54) is 19.3 Å². The average Bonchev–Trinajstić information content (AvgIpc) is 3.55. The van der Waals surface area contributed by atoms with Crippen molar-refractivity contribution in [1.29, 1.82) is 0 Å². The summed E-state index contributed by atoms with van der Waals surface area (Å²) >= 11 is 7.85. The van der Waals surface area contributed by atoms with Crippen LogP contribution in [0.4, 0.5) is 5.95 Å². The Hall–Kier alpha value is -2.71. The first-order valence-corrected chi connectivity index (χ1v) is 11.7. The molecule has 5 rings (SSSR count). The largest absolute Gasteiger partial charge is 0.467 e. The molecular weight excluding hydrogens is 434 g/mol. The van der Waals surface area contributed by atoms with Gasteiger partial charge in [-0.05, 0) is 43.5 Å². The minimum Gasteiger partial charge on any atom is -0.467 e. The van der Waals surface area contributed by atoms with Gasteiger partial charge in [0.05, 0.1) is 29.1 Å². The first-order valence-electron chi connectivity index (χ1n) is 10.3. The molecule has 160 valence electrons. The number of halogens is 1. The van der Waals surface area contributed by atoms with Crippen molar-refractivity contribution in [3.05, 3.63) is 65.4 Å². The van der Waals surface area contributed by atoms with E-state index in [-0.39, 0.29) is 0 Å². The van der Waals surface area contributed by atoms with Gasteiger partial charge < -0.3 is 13.7 Å². The molecule has 0 bridgehead atoms. The molecule has 0 spiro atoms. The van der Waals surface area contributed by atoms with Gasteiger partial charge in [-0.15, -0.1) is 10.2 Å². The van der Waals surface area contributed by atoms with Crippen LogP contribution in [0.1, 0.15) is 30.7 Å². The minimum atomic E-state index is 0.521. The predicted molar refractivity (Wildman–Crippen MR) is 120 cm³/mol. The second-order valence-corrected chi connectivity index (χ2v) is 8.76. The van der Waals surface area contributed by atoms with Crippen LogP contribution in [0.15, 0.2) is 62.9 Å². The number of nitrogens with zero attached hydrogens (tertiary/aromatic N) is 5. The lowest BCUT2D eigenvalue weighted by atomic mass is 10.1. The van der Waals surface area contributed by atoms with E-state index in [1.54, 1.807) is 24.3 Å². The number of hydrogen-bond donors (Lipinski definition) is 0. The molecule has 31 heavy (non-hydrogen) atoms. The van der Waals surface area contributed by atoms with E-state index in [4.69, 9.17) is 20.4 Å². The molecule has 4 heterocycles. The van der Waals surface area contributed by atoms with E-state index >= 15 is 0 Å². The zero-order valence-electron chi connectivity index (χ0n) is 16.9. The van der Waals surface area contributed by atoms with Crippen molar-refractivity contribution in [3.8, 4) is 11.5 Å². The Bertz CT molecular complexity index is 1130. The topological polar surface area (TPSA) is 73.1 Å². The number of oxazole rings is 1. The number of furan rings is 1. The highest BCUT2D eigenvalue weighted by Crippen LogP contribution is 2.30. The number of aromatic nitrogens is 4. The van der Waals surface area contributed by atoms with Crippen LogP contribution >= 0.6 is 23.4 Å². The van der Waals surface area contributed by atoms with Gasteiger partial charge in [0.2, 0.25) is 11.8 Å². The van der Waals surface area contributed by atoms with Gasteiger partial charge in [0.15, 0.2) is 5.16 Å². The third kappa shape index (κ3) is 4.50. The smallest absolute Gasteiger partial charge is 0.228 e. The second-order valence-electron chi connectivity index (χ2n) is 7.41. The summed E-state index contributed by atoms with van der Waals surface area (Å²) in [5, 5.41) is 10.4. The van der Waals surface area contributed by atoms with Crippen molar-refractivity contribution < 1.29 is 8.83 Å². The fraction of sp³-hybridized carbons (Fsp3) is 0.318. The molecule has 3 aromatic heterocycles. The monoisotopic (exact) mass is 455 g/mol. The zero-order valence-corrected chi connectivity index (χ0v) is 18.5. The number of benzene rings is 1. The summed E-state index contributed by atoms with van der Waals surface area (Å²) < 4.78 is 13.4. The number of piperidine rings is 1. The van der Waals surface area contributed by atoms with Crippen LogP contribution < -0.4 is 4.90 Å². The summed E-state index contributed by atoms with van der Waals surface area (Å²) in [5.74, 6) is 2.91. The van der Waals surface area contributed by atoms with Crippen molar-refractivity contribution in [3.63, 3.8) is 0 Å². The van der Waals surface area contributed by atoms with Gasteiger partial charge in [-0.3, -0.25) is 4.57 Å². The summed E-state index contributed by atoms with van der Waals surface area (Å²) in [6.45, 7) is 2.61. The summed E-state index contributed by atoms with van der Waals surface area (Å²) in [6.07, 6.45) is 6.99. The van der Waals surface area contributed by atoms with Crippen LogP contribution in [-0.4, -0.2) is 32.8 Å². The van der Waals surface area contributed by atoms with Crippen LogP contribution in [0, 0.1) is 0 Å². The van der Waals surface area contributed by atoms with Crippen LogP contribution in [-0.2, 0) is 12.3 Å². The Morgan fingerprint density at radius 1 is 1.00 bits per heavy atom. The number of rotatable bonds is 7. The second kappa shape index (κ2) is 9.20. The first-order chi connectivity index (χ1) is 15.3. The van der Waals surface area contributed by atoms with E-state index in [1.807, 2.05) is 36.4 Å². The zero-order chi connectivity index (χ0) is 21.0. The molecule has 1 aliphatic heterocycles. The van der Waals surface area contributed by atoms with Gasteiger partial charge in [0.25, 0.3) is 0 Å². The third-order valence-electron chi connectivity index (χ3n) is 5.24. The molecule has 9 heteroatoms. The molecule has 0 aliphatic carbocycles. The van der Waals surface area contributed by atoms with Crippen LogP contribution in [0.25, 0.3) is 11.5 Å². The molecule has 1 saturated heterocycles. The standard InChI is InChI=1S/C22H22ClN5O2S/c23-19-9-3-2-8-18(19)20-24-16(14-30-20)15-31-22-26-25-21(27-10-4-1-5-11-27)28(22)13-17-7-6-12-29-17/h2-3,6-9,12,14H,1,4-5,10-11,13,15H2. The van der Waals surface area contributed by atoms with Crippen LogP contribution in [0.2, 0.25) is 5.02 Å². The highest BCUT2D eigenvalue weighted by molar-refractivity contribution is 7.98. The van der Waals surface area contributed by atoms with Crippen LogP contribution in [0.3, 0.4) is 0 Å². The Balaban J connectivity index is 1.35. The van der Waals surface area contributed by atoms with E-state index < -0.39 is 0 Å². The summed E-state index contributed by atoms with van der Waals surface area (Å²) in [5.41, 5.74) is 1.61.